The fraction of sp³-hybridized carbons (Fsp3) is 0. The van der Waals surface area contributed by atoms with Gasteiger partial charge in [0.1, 0.15) is 5.65 Å². The van der Waals surface area contributed by atoms with Gasteiger partial charge in [0, 0.05) is 17.3 Å². The normalized spacial score (nSPS) is 11.0. The Hall–Kier alpha value is -4.43. The van der Waals surface area contributed by atoms with Crippen molar-refractivity contribution in [1.82, 2.24) is 9.38 Å². The van der Waals surface area contributed by atoms with Crippen molar-refractivity contribution in [1.29, 1.82) is 0 Å². The second-order valence-electron chi connectivity index (χ2n) is 8.12. The van der Waals surface area contributed by atoms with Crippen LogP contribution < -0.4 is 0 Å². The van der Waals surface area contributed by atoms with Crippen LogP contribution in [0.1, 0.15) is 0 Å². The van der Waals surface area contributed by atoms with Crippen molar-refractivity contribution >= 4 is 5.65 Å². The number of nitrogens with zero attached hydrogens (tertiary/aromatic N) is 2. The maximum atomic E-state index is 5.01. The van der Waals surface area contributed by atoms with Gasteiger partial charge in [0.05, 0.1) is 11.4 Å². The van der Waals surface area contributed by atoms with E-state index in [9.17, 15) is 0 Å². The van der Waals surface area contributed by atoms with E-state index in [2.05, 4.69) is 120 Å². The molecule has 0 saturated carbocycles. The van der Waals surface area contributed by atoms with Crippen molar-refractivity contribution in [2.75, 3.05) is 0 Å². The molecule has 2 nitrogen and oxygen atoms in total. The van der Waals surface area contributed by atoms with Gasteiger partial charge in [-0.15, -0.1) is 0 Å². The Morgan fingerprint density at radius 1 is 0.394 bits per heavy atom. The number of rotatable bonds is 4. The molecule has 4 aromatic carbocycles. The van der Waals surface area contributed by atoms with Crippen molar-refractivity contribution in [3.63, 3.8) is 0 Å². The fourth-order valence-corrected chi connectivity index (χ4v) is 4.38. The van der Waals surface area contributed by atoms with E-state index in [1.54, 1.807) is 0 Å². The zero-order valence-electron chi connectivity index (χ0n) is 18.1. The number of fused-ring (bicyclic) bond motifs is 1. The summed E-state index contributed by atoms with van der Waals surface area (Å²) in [5.41, 5.74) is 10.2. The second kappa shape index (κ2) is 8.25. The lowest BCUT2D eigenvalue weighted by molar-refractivity contribution is 1.19. The Labute approximate surface area is 193 Å². The highest BCUT2D eigenvalue weighted by Crippen LogP contribution is 2.35. The van der Waals surface area contributed by atoms with E-state index >= 15 is 0 Å². The van der Waals surface area contributed by atoms with Gasteiger partial charge in [-0.05, 0) is 34.4 Å². The monoisotopic (exact) mass is 422 g/mol. The van der Waals surface area contributed by atoms with Crippen molar-refractivity contribution < 1.29 is 0 Å². The summed E-state index contributed by atoms with van der Waals surface area (Å²) in [7, 11) is 0. The molecule has 0 bridgehead atoms. The van der Waals surface area contributed by atoms with E-state index in [-0.39, 0.29) is 0 Å². The fourth-order valence-electron chi connectivity index (χ4n) is 4.38. The highest BCUT2D eigenvalue weighted by Gasteiger charge is 2.16. The van der Waals surface area contributed by atoms with Crippen LogP contribution in [0.25, 0.3) is 50.4 Å². The summed E-state index contributed by atoms with van der Waals surface area (Å²) < 4.78 is 2.18. The number of hydrogen-bond acceptors (Lipinski definition) is 1. The minimum absolute atomic E-state index is 0.946. The molecule has 0 radical (unpaired) electrons. The smallest absolute Gasteiger partial charge is 0.137 e. The summed E-state index contributed by atoms with van der Waals surface area (Å²) >= 11 is 0. The molecule has 0 atom stereocenters. The SMILES string of the molecule is c1ccc(-c2ccc(-c3nc4ccccn4c3-c3ccc(-c4ccccc4)cc3)cc2)cc1. The van der Waals surface area contributed by atoms with Crippen LogP contribution >= 0.6 is 0 Å². The van der Waals surface area contributed by atoms with Gasteiger partial charge in [0.15, 0.2) is 0 Å². The molecule has 156 valence electrons. The first-order valence-electron chi connectivity index (χ1n) is 11.2. The number of benzene rings is 4. The molecule has 33 heavy (non-hydrogen) atoms. The van der Waals surface area contributed by atoms with Crippen LogP contribution in [-0.4, -0.2) is 9.38 Å². The Balaban J connectivity index is 1.45. The molecule has 0 spiro atoms. The van der Waals surface area contributed by atoms with Crippen LogP contribution in [0.3, 0.4) is 0 Å². The third kappa shape index (κ3) is 3.62. The largest absolute Gasteiger partial charge is 0.299 e. The summed E-state index contributed by atoms with van der Waals surface area (Å²) in [6.07, 6.45) is 2.09. The summed E-state index contributed by atoms with van der Waals surface area (Å²) in [5.74, 6) is 0. The third-order valence-corrected chi connectivity index (χ3v) is 6.06. The van der Waals surface area contributed by atoms with Crippen LogP contribution in [0.4, 0.5) is 0 Å². The van der Waals surface area contributed by atoms with Crippen LogP contribution in [0.2, 0.25) is 0 Å². The molecule has 0 aliphatic carbocycles. The molecule has 0 N–H and O–H groups in total. The first kappa shape index (κ1) is 19.3. The average molecular weight is 423 g/mol. The lowest BCUT2D eigenvalue weighted by atomic mass is 9.99. The molecule has 6 aromatic rings. The minimum Gasteiger partial charge on any atom is -0.299 e. The molecule has 0 fully saturated rings. The van der Waals surface area contributed by atoms with Crippen molar-refractivity contribution in [3.05, 3.63) is 134 Å². The van der Waals surface area contributed by atoms with Gasteiger partial charge in [-0.1, -0.05) is 115 Å². The molecule has 0 unspecified atom stereocenters. The zero-order chi connectivity index (χ0) is 22.0. The molecular weight excluding hydrogens is 400 g/mol. The summed E-state index contributed by atoms with van der Waals surface area (Å²) in [5, 5.41) is 0. The first-order valence-corrected chi connectivity index (χ1v) is 11.2. The maximum absolute atomic E-state index is 5.01. The van der Waals surface area contributed by atoms with Crippen LogP contribution in [0.5, 0.6) is 0 Å². The van der Waals surface area contributed by atoms with Gasteiger partial charge in [0.2, 0.25) is 0 Å². The Bertz CT molecular complexity index is 1510. The molecule has 0 aliphatic rings. The highest BCUT2D eigenvalue weighted by molar-refractivity contribution is 5.84. The van der Waals surface area contributed by atoms with Crippen LogP contribution in [0, 0.1) is 0 Å². The number of aromatic nitrogens is 2. The number of pyridine rings is 1. The van der Waals surface area contributed by atoms with E-state index in [1.807, 2.05) is 18.2 Å². The van der Waals surface area contributed by atoms with Gasteiger partial charge in [-0.2, -0.15) is 0 Å². The molecule has 0 aliphatic heterocycles. The lowest BCUT2D eigenvalue weighted by Crippen LogP contribution is -1.90. The van der Waals surface area contributed by atoms with Crippen molar-refractivity contribution in [2.24, 2.45) is 0 Å². The quantitative estimate of drug-likeness (QED) is 0.281. The second-order valence-corrected chi connectivity index (χ2v) is 8.12. The van der Waals surface area contributed by atoms with Gasteiger partial charge in [0.25, 0.3) is 0 Å². The number of imidazole rings is 1. The first-order chi connectivity index (χ1) is 16.4. The predicted octanol–water partition coefficient (Wildman–Crippen LogP) is 8.00. The van der Waals surface area contributed by atoms with Crippen LogP contribution in [-0.2, 0) is 0 Å². The van der Waals surface area contributed by atoms with E-state index in [4.69, 9.17) is 4.98 Å². The summed E-state index contributed by atoms with van der Waals surface area (Å²) in [4.78, 5) is 5.01. The van der Waals surface area contributed by atoms with E-state index in [1.165, 1.54) is 22.3 Å². The Morgan fingerprint density at radius 3 is 1.42 bits per heavy atom. The minimum atomic E-state index is 0.946. The van der Waals surface area contributed by atoms with Gasteiger partial charge in [-0.3, -0.25) is 4.40 Å². The van der Waals surface area contributed by atoms with Gasteiger partial charge < -0.3 is 0 Å². The van der Waals surface area contributed by atoms with E-state index in [0.717, 1.165) is 28.2 Å². The lowest BCUT2D eigenvalue weighted by Gasteiger charge is -2.09. The molecule has 6 rings (SSSR count). The molecule has 2 heterocycles. The third-order valence-electron chi connectivity index (χ3n) is 6.06. The standard InChI is InChI=1S/C31H22N2/c1-3-9-23(10-4-1)25-14-18-27(19-15-25)30-31(33-22-8-7-13-29(33)32-30)28-20-16-26(17-21-28)24-11-5-2-6-12-24/h1-22H. The Morgan fingerprint density at radius 2 is 0.848 bits per heavy atom. The summed E-state index contributed by atoms with van der Waals surface area (Å²) in [6, 6.07) is 44.6. The van der Waals surface area contributed by atoms with Crippen LogP contribution in [0.15, 0.2) is 134 Å². The Kier molecular flexibility index (Phi) is 4.82. The molecule has 0 amide bonds. The summed E-state index contributed by atoms with van der Waals surface area (Å²) in [6.45, 7) is 0. The van der Waals surface area contributed by atoms with Crippen molar-refractivity contribution in [2.45, 2.75) is 0 Å². The highest BCUT2D eigenvalue weighted by atomic mass is 15.0. The van der Waals surface area contributed by atoms with Crippen molar-refractivity contribution in [3.8, 4) is 44.8 Å². The van der Waals surface area contributed by atoms with E-state index < -0.39 is 0 Å². The van der Waals surface area contributed by atoms with E-state index in [0.29, 0.717) is 0 Å². The maximum Gasteiger partial charge on any atom is 0.137 e. The molecule has 0 saturated heterocycles. The predicted molar refractivity (Wildman–Crippen MR) is 137 cm³/mol. The van der Waals surface area contributed by atoms with Gasteiger partial charge in [-0.25, -0.2) is 4.98 Å². The molecule has 2 aromatic heterocycles. The van der Waals surface area contributed by atoms with Gasteiger partial charge >= 0.3 is 0 Å². The topological polar surface area (TPSA) is 17.3 Å². The molecule has 2 heteroatoms. The molecular formula is C31H22N2. The number of hydrogen-bond donors (Lipinski definition) is 0. The zero-order valence-corrected chi connectivity index (χ0v) is 18.1. The average Bonchev–Trinajstić information content (AvgIpc) is 3.30.